The van der Waals surface area contributed by atoms with Gasteiger partial charge in [-0.1, -0.05) is 57.2 Å². The van der Waals surface area contributed by atoms with Crippen LogP contribution in [-0.2, 0) is 29.1 Å². The zero-order valence-corrected chi connectivity index (χ0v) is 31.4. The Hall–Kier alpha value is -5.22. The number of hydrogen-bond donors (Lipinski definition) is 4. The lowest BCUT2D eigenvalue weighted by molar-refractivity contribution is -0.143. The molecule has 2 saturated carbocycles. The highest BCUT2D eigenvalue weighted by atomic mass is 32.2. The second kappa shape index (κ2) is 14.9. The van der Waals surface area contributed by atoms with Gasteiger partial charge in [0.2, 0.25) is 21.8 Å². The van der Waals surface area contributed by atoms with Crippen molar-refractivity contribution in [1.29, 1.82) is 0 Å². The summed E-state index contributed by atoms with van der Waals surface area (Å²) in [6, 6.07) is 14.2. The zero-order chi connectivity index (χ0) is 39.0. The number of carbonyl (C=O) groups is 4. The molecule has 3 fully saturated rings. The lowest BCUT2D eigenvalue weighted by atomic mass is 9.85. The van der Waals surface area contributed by atoms with Crippen LogP contribution in [0.1, 0.15) is 46.5 Å². The lowest BCUT2D eigenvalue weighted by Crippen LogP contribution is -2.60. The van der Waals surface area contributed by atoms with Crippen LogP contribution in [0.25, 0.3) is 22.2 Å². The molecule has 4 amide bonds. The minimum Gasteiger partial charge on any atom is -0.497 e. The Balaban J connectivity index is 1.34. The predicted molar refractivity (Wildman–Crippen MR) is 197 cm³/mol. The van der Waals surface area contributed by atoms with Crippen LogP contribution in [0.4, 0.5) is 4.79 Å². The first-order valence-corrected chi connectivity index (χ1v) is 19.2. The summed E-state index contributed by atoms with van der Waals surface area (Å²) in [6.07, 6.45) is 0.652. The number of alkyl carbamates (subject to hydrolysis) is 1. The van der Waals surface area contributed by atoms with Gasteiger partial charge in [-0.15, -0.1) is 6.58 Å². The second-order valence-corrected chi connectivity index (χ2v) is 16.9. The van der Waals surface area contributed by atoms with Crippen molar-refractivity contribution in [1.82, 2.24) is 25.2 Å². The van der Waals surface area contributed by atoms with Crippen LogP contribution >= 0.6 is 0 Å². The molecular weight excluding hydrogens is 719 g/mol. The van der Waals surface area contributed by atoms with E-state index in [1.54, 1.807) is 52.1 Å². The number of pyridine rings is 1. The molecule has 2 heterocycles. The van der Waals surface area contributed by atoms with Gasteiger partial charge in [-0.25, -0.2) is 18.2 Å². The first kappa shape index (κ1) is 38.5. The van der Waals surface area contributed by atoms with Gasteiger partial charge in [0.1, 0.15) is 35.2 Å². The Labute approximate surface area is 313 Å². The molecule has 5 atom stereocenters. The Morgan fingerprint density at radius 3 is 2.44 bits per heavy atom. The molecule has 1 aliphatic heterocycles. The fourth-order valence-corrected chi connectivity index (χ4v) is 8.13. The van der Waals surface area contributed by atoms with Gasteiger partial charge in [0.15, 0.2) is 6.79 Å². The van der Waals surface area contributed by atoms with E-state index in [9.17, 15) is 27.6 Å². The van der Waals surface area contributed by atoms with Crippen LogP contribution in [0.2, 0.25) is 0 Å². The number of sulfonamides is 1. The number of ether oxygens (including phenoxy) is 3. The molecule has 3 aliphatic rings. The number of aliphatic hydroxyl groups is 1. The smallest absolute Gasteiger partial charge is 0.409 e. The van der Waals surface area contributed by atoms with Crippen molar-refractivity contribution >= 4 is 44.7 Å². The van der Waals surface area contributed by atoms with Crippen molar-refractivity contribution < 1.29 is 46.9 Å². The Morgan fingerprint density at radius 1 is 1.11 bits per heavy atom. The molecule has 0 bridgehead atoms. The molecule has 0 radical (unpaired) electrons. The van der Waals surface area contributed by atoms with Gasteiger partial charge < -0.3 is 34.9 Å². The number of fused-ring (bicyclic) bond motifs is 1. The SMILES string of the molecule is C=C[C@@H]1C[C@]1(NC(=O)[C@@H]1C[C@@H](Oc2cc(-c3ccccc3)nc3cc(OC)ccc23)CN1C(=O)[C@@H](NC(=O)OCO)C(C)(C)C)C(=O)NS(=O)(=O)C1CC1. The molecule has 2 aliphatic carbocycles. The number of hydrogen-bond acceptors (Lipinski definition) is 11. The lowest BCUT2D eigenvalue weighted by Gasteiger charge is -2.35. The fraction of sp³-hybridized carbons (Fsp3) is 0.447. The molecule has 288 valence electrons. The highest BCUT2D eigenvalue weighted by Gasteiger charge is 2.62. The molecule has 1 saturated heterocycles. The topological polar surface area (TPSA) is 203 Å². The normalized spacial score (nSPS) is 22.8. The molecule has 6 rings (SSSR count). The molecule has 3 aromatic rings. The number of nitrogens with one attached hydrogen (secondary N) is 3. The zero-order valence-electron chi connectivity index (χ0n) is 30.5. The van der Waals surface area contributed by atoms with Gasteiger partial charge in [-0.05, 0) is 36.8 Å². The molecule has 0 spiro atoms. The van der Waals surface area contributed by atoms with E-state index in [4.69, 9.17) is 19.6 Å². The van der Waals surface area contributed by atoms with Crippen molar-refractivity contribution in [2.45, 2.75) is 75.4 Å². The minimum absolute atomic E-state index is 0.0208. The summed E-state index contributed by atoms with van der Waals surface area (Å²) in [5, 5.41) is 14.4. The summed E-state index contributed by atoms with van der Waals surface area (Å²) < 4.78 is 44.3. The summed E-state index contributed by atoms with van der Waals surface area (Å²) >= 11 is 0. The molecule has 0 unspecified atom stereocenters. The first-order valence-electron chi connectivity index (χ1n) is 17.7. The van der Waals surface area contributed by atoms with E-state index in [1.807, 2.05) is 30.3 Å². The molecule has 1 aromatic heterocycles. The number of aromatic nitrogens is 1. The summed E-state index contributed by atoms with van der Waals surface area (Å²) in [6.45, 7) is 7.90. The maximum atomic E-state index is 14.4. The van der Waals surface area contributed by atoms with Crippen molar-refractivity contribution in [2.24, 2.45) is 11.3 Å². The number of carbonyl (C=O) groups excluding carboxylic acids is 4. The number of rotatable bonds is 13. The number of amides is 4. The van der Waals surface area contributed by atoms with E-state index in [0.717, 1.165) is 5.56 Å². The summed E-state index contributed by atoms with van der Waals surface area (Å²) in [5.74, 6) is -1.75. The van der Waals surface area contributed by atoms with Crippen LogP contribution in [-0.4, -0.2) is 96.6 Å². The summed E-state index contributed by atoms with van der Waals surface area (Å²) in [7, 11) is -2.37. The van der Waals surface area contributed by atoms with Gasteiger partial charge in [0, 0.05) is 35.4 Å². The van der Waals surface area contributed by atoms with Gasteiger partial charge in [0.05, 0.1) is 30.1 Å². The highest BCUT2D eigenvalue weighted by Crippen LogP contribution is 2.46. The third-order valence-corrected chi connectivity index (χ3v) is 11.8. The van der Waals surface area contributed by atoms with Crippen LogP contribution in [0.5, 0.6) is 11.5 Å². The van der Waals surface area contributed by atoms with Gasteiger partial charge in [-0.2, -0.15) is 0 Å². The van der Waals surface area contributed by atoms with Crippen molar-refractivity contribution in [3.05, 3.63) is 67.3 Å². The average Bonchev–Trinajstić information content (AvgIpc) is 4.06. The second-order valence-electron chi connectivity index (χ2n) is 14.9. The van der Waals surface area contributed by atoms with Gasteiger partial charge in [0.25, 0.3) is 5.91 Å². The molecule has 54 heavy (non-hydrogen) atoms. The number of nitrogens with zero attached hydrogens (tertiary/aromatic N) is 2. The Kier molecular flexibility index (Phi) is 10.6. The maximum Gasteiger partial charge on any atom is 0.409 e. The summed E-state index contributed by atoms with van der Waals surface area (Å²) in [4.78, 5) is 60.9. The molecule has 2 aromatic carbocycles. The summed E-state index contributed by atoms with van der Waals surface area (Å²) in [5.41, 5.74) is -0.451. The number of benzene rings is 2. The maximum absolute atomic E-state index is 14.4. The average molecular weight is 764 g/mol. The Morgan fingerprint density at radius 2 is 1.83 bits per heavy atom. The van der Waals surface area contributed by atoms with E-state index in [0.29, 0.717) is 40.9 Å². The number of likely N-dealkylation sites (tertiary alicyclic amines) is 1. The van der Waals surface area contributed by atoms with E-state index in [-0.39, 0.29) is 19.4 Å². The first-order chi connectivity index (χ1) is 25.6. The van der Waals surface area contributed by atoms with Gasteiger partial charge >= 0.3 is 6.09 Å². The van der Waals surface area contributed by atoms with Crippen LogP contribution in [0.3, 0.4) is 0 Å². The fourth-order valence-electron chi connectivity index (χ4n) is 6.76. The molecular formula is C38H45N5O10S. The van der Waals surface area contributed by atoms with Crippen molar-refractivity contribution in [3.63, 3.8) is 0 Å². The third-order valence-electron chi connectivity index (χ3n) is 10.0. The van der Waals surface area contributed by atoms with E-state index in [1.165, 1.54) is 11.0 Å². The van der Waals surface area contributed by atoms with Crippen LogP contribution < -0.4 is 24.8 Å². The monoisotopic (exact) mass is 763 g/mol. The van der Waals surface area contributed by atoms with Crippen LogP contribution in [0, 0.1) is 11.3 Å². The van der Waals surface area contributed by atoms with Crippen molar-refractivity contribution in [2.75, 3.05) is 20.4 Å². The minimum atomic E-state index is -3.93. The predicted octanol–water partition coefficient (Wildman–Crippen LogP) is 3.02. The van der Waals surface area contributed by atoms with Crippen LogP contribution in [0.15, 0.2) is 67.3 Å². The Bertz CT molecular complexity index is 2070. The number of methoxy groups -OCH3 is 1. The van der Waals surface area contributed by atoms with E-state index >= 15 is 0 Å². The molecule has 4 N–H and O–H groups in total. The van der Waals surface area contributed by atoms with E-state index in [2.05, 4.69) is 26.7 Å². The number of aliphatic hydroxyl groups excluding tert-OH is 1. The van der Waals surface area contributed by atoms with E-state index < -0.39 is 80.9 Å². The van der Waals surface area contributed by atoms with Crippen molar-refractivity contribution in [3.8, 4) is 22.8 Å². The third kappa shape index (κ3) is 7.99. The standard InChI is InChI=1S/C38H45N5O10S/c1-6-23-19-38(23,35(47)42-54(49,50)26-13-14-26)41-33(45)30-17-25(20-43(30)34(46)32(37(2,3)4)40-36(48)52-21-44)53-31-18-28(22-10-8-7-9-11-22)39-29-16-24(51-5)12-15-27(29)31/h6-12,15-16,18,23,25-26,30,32,44H,1,13-14,17,19-21H2,2-5H3,(H,40,48)(H,41,45)(H,42,47)/t23-,25-,30+,32-,38-/m1/s1. The largest absolute Gasteiger partial charge is 0.497 e. The van der Waals surface area contributed by atoms with Gasteiger partial charge in [-0.3, -0.25) is 19.1 Å². The molecule has 16 heteroatoms. The molecule has 15 nitrogen and oxygen atoms in total. The quantitative estimate of drug-likeness (QED) is 0.147. The highest BCUT2D eigenvalue weighted by molar-refractivity contribution is 7.91.